The maximum Gasteiger partial charge on any atom is 0.330 e. The average Bonchev–Trinajstić information content (AvgIpc) is 3.33. The molecule has 2 bridgehead atoms. The third-order valence-electron chi connectivity index (χ3n) is 15.0. The van der Waals surface area contributed by atoms with Gasteiger partial charge in [0.1, 0.15) is 36.2 Å². The predicted molar refractivity (Wildman–Crippen MR) is 264 cm³/mol. The number of carbonyl (C=O) groups excluding carboxylic acids is 6. The Morgan fingerprint density at radius 1 is 0.886 bits per heavy atom. The molecule has 0 radical (unpaired) electrons. The predicted octanol–water partition coefficient (Wildman–Crippen LogP) is 7.31. The molecule has 0 spiro atoms. The van der Waals surface area contributed by atoms with Crippen LogP contribution in [0.2, 0.25) is 0 Å². The smallest absolute Gasteiger partial charge is 0.330 e. The summed E-state index contributed by atoms with van der Waals surface area (Å²) in [5, 5.41) is 23.5. The number of ether oxygens (including phenoxy) is 6. The minimum Gasteiger partial charge on any atom is -0.460 e. The lowest BCUT2D eigenvalue weighted by Crippen LogP contribution is -2.61. The maximum absolute atomic E-state index is 14.5. The second-order valence-electron chi connectivity index (χ2n) is 20.5. The minimum absolute atomic E-state index is 0.00840. The van der Waals surface area contributed by atoms with Gasteiger partial charge in [0.25, 0.3) is 11.7 Å². The van der Waals surface area contributed by atoms with Gasteiger partial charge in [-0.15, -0.1) is 0 Å². The van der Waals surface area contributed by atoms with Gasteiger partial charge in [-0.2, -0.15) is 0 Å². The Balaban J connectivity index is 1.70. The van der Waals surface area contributed by atoms with Crippen LogP contribution in [-0.4, -0.2) is 133 Å². The lowest BCUT2D eigenvalue weighted by Gasteiger charge is -2.42. The van der Waals surface area contributed by atoms with Gasteiger partial charge >= 0.3 is 11.9 Å². The number of allylic oxidation sites excluding steroid dienone is 7. The van der Waals surface area contributed by atoms with Gasteiger partial charge in [0.05, 0.1) is 18.3 Å². The van der Waals surface area contributed by atoms with Crippen molar-refractivity contribution in [2.45, 2.75) is 187 Å². The largest absolute Gasteiger partial charge is 0.460 e. The van der Waals surface area contributed by atoms with Crippen molar-refractivity contribution in [3.63, 3.8) is 0 Å². The van der Waals surface area contributed by atoms with Crippen LogP contribution in [0.5, 0.6) is 0 Å². The molecule has 3 fully saturated rings. The number of nitrogens with zero attached hydrogens (tertiary/aromatic N) is 1. The molecule has 15 nitrogen and oxygen atoms in total. The second-order valence-corrected chi connectivity index (χ2v) is 20.5. The van der Waals surface area contributed by atoms with Gasteiger partial charge in [-0.1, -0.05) is 77.2 Å². The molecule has 2 N–H and O–H groups in total. The number of aliphatic hydroxyl groups is 2. The van der Waals surface area contributed by atoms with Crippen LogP contribution in [0.3, 0.4) is 0 Å². The van der Waals surface area contributed by atoms with Crippen molar-refractivity contribution in [2.75, 3.05) is 27.9 Å². The van der Waals surface area contributed by atoms with Crippen molar-refractivity contribution in [1.29, 1.82) is 0 Å². The summed E-state index contributed by atoms with van der Waals surface area (Å²) >= 11 is 0. The van der Waals surface area contributed by atoms with Crippen LogP contribution >= 0.6 is 0 Å². The van der Waals surface area contributed by atoms with Crippen LogP contribution in [0.15, 0.2) is 59.8 Å². The number of amides is 1. The fourth-order valence-corrected chi connectivity index (χ4v) is 10.6. The first-order valence-corrected chi connectivity index (χ1v) is 25.5. The van der Waals surface area contributed by atoms with Crippen molar-refractivity contribution >= 4 is 35.2 Å². The number of Topliss-reactive ketones (excluding diaryl/α,β-unsaturated/α-hetero) is 3. The molecular formula is C55H83NO14. The first-order chi connectivity index (χ1) is 33.2. The molecule has 3 aliphatic heterocycles. The number of hydrogen-bond acceptors (Lipinski definition) is 14. The number of carbonyl (C=O) groups is 6. The third-order valence-corrected chi connectivity index (χ3v) is 15.0. The normalized spacial score (nSPS) is 38.4. The standard InChI is InChI=1S/C55H83NO14/c1-12-18-48(58)68-44-25-23-40(30-47(44)66-10)29-36(5)46-32-43(57)35(4)28-38(7)50(60)51(67-11)49(59)37(6)27-33(2)19-14-13-15-20-34(3)45(65-9)31-41-24-22-39(8)55(64,70-41)52(61)53(62)56-26-17-16-21-42(56)54(63)69-46/h12-15,18-20,28,33,35-37,39-42,44-47,50-51,60,64H,16-17,21-27,29-32H2,1-11H3/b15-13+,18-12+,19-14+,34-20+,38-28+/t33-,35-,36-,37-,39-,40+,41+,42+,44-,45+,46+,47-,50-,51+,55-/m1/s1. The molecule has 0 aromatic rings. The third kappa shape index (κ3) is 15.7. The zero-order valence-corrected chi connectivity index (χ0v) is 43.6. The summed E-state index contributed by atoms with van der Waals surface area (Å²) in [6.45, 7) is 14.4. The second kappa shape index (κ2) is 27.6. The van der Waals surface area contributed by atoms with Crippen LogP contribution in [0.4, 0.5) is 0 Å². The molecule has 1 saturated carbocycles. The van der Waals surface area contributed by atoms with Crippen LogP contribution in [0, 0.1) is 35.5 Å². The van der Waals surface area contributed by atoms with Gasteiger partial charge in [-0.3, -0.25) is 19.2 Å². The van der Waals surface area contributed by atoms with E-state index in [0.29, 0.717) is 69.8 Å². The Morgan fingerprint density at radius 3 is 2.29 bits per heavy atom. The van der Waals surface area contributed by atoms with E-state index in [4.69, 9.17) is 28.4 Å². The lowest BCUT2D eigenvalue weighted by atomic mass is 9.78. The average molecular weight is 982 g/mol. The Morgan fingerprint density at radius 2 is 1.61 bits per heavy atom. The zero-order valence-electron chi connectivity index (χ0n) is 43.6. The summed E-state index contributed by atoms with van der Waals surface area (Å²) in [6, 6.07) is -1.17. The van der Waals surface area contributed by atoms with Crippen LogP contribution in [0.25, 0.3) is 0 Å². The molecule has 4 aliphatic rings. The van der Waals surface area contributed by atoms with E-state index in [1.54, 1.807) is 54.1 Å². The fraction of sp³-hybridized carbons (Fsp3) is 0.709. The molecular weight excluding hydrogens is 899 g/mol. The van der Waals surface area contributed by atoms with Gasteiger partial charge in [0, 0.05) is 64.5 Å². The van der Waals surface area contributed by atoms with Gasteiger partial charge < -0.3 is 43.5 Å². The molecule has 70 heavy (non-hydrogen) atoms. The van der Waals surface area contributed by atoms with Crippen LogP contribution < -0.4 is 0 Å². The Hall–Kier alpha value is -4.12. The van der Waals surface area contributed by atoms with Crippen LogP contribution in [-0.2, 0) is 57.2 Å². The van der Waals surface area contributed by atoms with E-state index in [2.05, 4.69) is 0 Å². The Labute approximate surface area is 416 Å². The highest BCUT2D eigenvalue weighted by atomic mass is 16.6. The van der Waals surface area contributed by atoms with Gasteiger partial charge in [-0.05, 0) is 114 Å². The first kappa shape index (κ1) is 58.5. The molecule has 0 aromatic carbocycles. The molecule has 1 amide bonds. The number of hydrogen-bond donors (Lipinski definition) is 2. The number of esters is 2. The molecule has 15 atom stereocenters. The SMILES string of the molecule is C/C=C/C(=O)O[C@@H]1CC[C@@H](C[C@@H](C)[C@@H]2CC(=O)[C@H](C)/C=C(\C)[C@@H](O)[C@@H](OC)C(=O)[C@H](C)C[C@H](C)/C=C/C=C/C=C(\C)[C@@H](OC)C[C@@H]3CC[C@@H](C)[C@@](O)(O3)C(=O)C(=O)N3CCCC[C@H]3C(=O)O2)C[C@H]1OC. The molecule has 2 saturated heterocycles. The molecule has 15 heteroatoms. The van der Waals surface area contributed by atoms with Crippen molar-refractivity contribution in [1.82, 2.24) is 4.90 Å². The summed E-state index contributed by atoms with van der Waals surface area (Å²) in [7, 11) is 4.52. The van der Waals surface area contributed by atoms with Crippen molar-refractivity contribution in [2.24, 2.45) is 35.5 Å². The number of cyclic esters (lactones) is 1. The quantitative estimate of drug-likeness (QED) is 0.106. The van der Waals surface area contributed by atoms with Gasteiger partial charge in [0.15, 0.2) is 5.78 Å². The lowest BCUT2D eigenvalue weighted by molar-refractivity contribution is -0.265. The summed E-state index contributed by atoms with van der Waals surface area (Å²) in [5.41, 5.74) is 1.25. The van der Waals surface area contributed by atoms with E-state index in [1.807, 2.05) is 58.1 Å². The first-order valence-electron chi connectivity index (χ1n) is 25.5. The van der Waals surface area contributed by atoms with E-state index >= 15 is 0 Å². The molecule has 3 heterocycles. The van der Waals surface area contributed by atoms with Crippen LogP contribution in [0.1, 0.15) is 132 Å². The minimum atomic E-state index is -2.45. The van der Waals surface area contributed by atoms with Gasteiger partial charge in [0.2, 0.25) is 5.79 Å². The molecule has 392 valence electrons. The number of ketones is 3. The highest BCUT2D eigenvalue weighted by Crippen LogP contribution is 2.38. The molecule has 0 aromatic heterocycles. The highest BCUT2D eigenvalue weighted by Gasteiger charge is 2.53. The Bertz CT molecular complexity index is 1950. The van der Waals surface area contributed by atoms with Crippen molar-refractivity contribution in [3.8, 4) is 0 Å². The topological polar surface area (TPSA) is 201 Å². The Kier molecular flexibility index (Phi) is 23.1. The van der Waals surface area contributed by atoms with E-state index in [0.717, 1.165) is 5.57 Å². The van der Waals surface area contributed by atoms with Gasteiger partial charge in [-0.25, -0.2) is 9.59 Å². The zero-order chi connectivity index (χ0) is 51.9. The number of rotatable bonds is 8. The molecule has 4 rings (SSSR count). The monoisotopic (exact) mass is 982 g/mol. The summed E-state index contributed by atoms with van der Waals surface area (Å²) in [6.07, 6.45) is 13.9. The van der Waals surface area contributed by atoms with E-state index in [-0.39, 0.29) is 54.8 Å². The molecule has 0 unspecified atom stereocenters. The number of aliphatic hydroxyl groups excluding tert-OH is 1. The summed E-state index contributed by atoms with van der Waals surface area (Å²) in [5.74, 6) is -8.66. The van der Waals surface area contributed by atoms with Crippen molar-refractivity contribution < 1.29 is 67.4 Å². The van der Waals surface area contributed by atoms with E-state index in [9.17, 15) is 39.0 Å². The van der Waals surface area contributed by atoms with E-state index in [1.165, 1.54) is 18.1 Å². The number of piperidine rings is 1. The van der Waals surface area contributed by atoms with Crippen molar-refractivity contribution in [3.05, 3.63) is 59.8 Å². The fourth-order valence-electron chi connectivity index (χ4n) is 10.6. The molecule has 1 aliphatic carbocycles. The summed E-state index contributed by atoms with van der Waals surface area (Å²) in [4.78, 5) is 84.6. The number of methoxy groups -OCH3 is 3. The summed E-state index contributed by atoms with van der Waals surface area (Å²) < 4.78 is 35.4. The highest BCUT2D eigenvalue weighted by molar-refractivity contribution is 6.39. The maximum atomic E-state index is 14.5. The number of fused-ring (bicyclic) bond motifs is 3. The van der Waals surface area contributed by atoms with E-state index < -0.39 is 89.8 Å².